The van der Waals surface area contributed by atoms with E-state index in [1.54, 1.807) is 4.90 Å². The van der Waals surface area contributed by atoms with E-state index in [1.165, 1.54) is 10.9 Å². The molecule has 1 amide bonds. The molecular weight excluding hydrogens is 450 g/mol. The largest absolute Gasteiger partial charge is 0.444 e. The Morgan fingerprint density at radius 2 is 1.67 bits per heavy atom. The second-order valence-electron chi connectivity index (χ2n) is 10.4. The predicted octanol–water partition coefficient (Wildman–Crippen LogP) is 5.97. The van der Waals surface area contributed by atoms with Gasteiger partial charge in [-0.2, -0.15) is 0 Å². The van der Waals surface area contributed by atoms with Crippen molar-refractivity contribution in [2.75, 3.05) is 31.1 Å². The van der Waals surface area contributed by atoms with E-state index in [0.717, 1.165) is 52.5 Å². The van der Waals surface area contributed by atoms with E-state index in [4.69, 9.17) is 9.72 Å². The highest BCUT2D eigenvalue weighted by Gasteiger charge is 2.26. The van der Waals surface area contributed by atoms with Crippen molar-refractivity contribution in [1.82, 2.24) is 19.9 Å². The number of piperazine rings is 1. The monoisotopic (exact) mass is 483 g/mol. The number of nitrogens with one attached hydrogen (secondary N) is 1. The van der Waals surface area contributed by atoms with Crippen molar-refractivity contribution in [3.05, 3.63) is 66.1 Å². The van der Waals surface area contributed by atoms with Crippen LogP contribution in [-0.2, 0) is 4.74 Å². The van der Waals surface area contributed by atoms with Crippen molar-refractivity contribution < 1.29 is 9.53 Å². The maximum Gasteiger partial charge on any atom is 0.410 e. The number of H-pyrrole nitrogens is 1. The number of fused-ring (bicyclic) bond motifs is 1. The number of aromatic amines is 1. The Morgan fingerprint density at radius 3 is 2.33 bits per heavy atom. The van der Waals surface area contributed by atoms with Gasteiger partial charge >= 0.3 is 6.09 Å². The van der Waals surface area contributed by atoms with E-state index in [-0.39, 0.29) is 6.09 Å². The fraction of sp³-hybridized carbons (Fsp3) is 0.345. The molecule has 7 nitrogen and oxygen atoms in total. The number of carbonyl (C=O) groups excluding carboxylic acids is 1. The van der Waals surface area contributed by atoms with Crippen LogP contribution in [0.1, 0.15) is 32.0 Å². The minimum Gasteiger partial charge on any atom is -0.444 e. The van der Waals surface area contributed by atoms with Crippen molar-refractivity contribution >= 4 is 22.8 Å². The fourth-order valence-electron chi connectivity index (χ4n) is 4.70. The summed E-state index contributed by atoms with van der Waals surface area (Å²) in [6, 6.07) is 14.9. The van der Waals surface area contributed by atoms with Gasteiger partial charge < -0.3 is 19.5 Å². The van der Waals surface area contributed by atoms with Gasteiger partial charge in [-0.25, -0.2) is 9.78 Å². The summed E-state index contributed by atoms with van der Waals surface area (Å²) in [4.78, 5) is 29.0. The van der Waals surface area contributed by atoms with Gasteiger partial charge in [0.1, 0.15) is 11.4 Å². The molecule has 0 spiro atoms. The molecule has 1 fully saturated rings. The number of carbonyl (C=O) groups is 1. The summed E-state index contributed by atoms with van der Waals surface area (Å²) in [5.41, 5.74) is 7.34. The van der Waals surface area contributed by atoms with E-state index in [9.17, 15) is 4.79 Å². The molecule has 3 aromatic heterocycles. The summed E-state index contributed by atoms with van der Waals surface area (Å²) in [7, 11) is 0. The number of benzene rings is 1. The molecule has 1 N–H and O–H groups in total. The molecule has 1 aliphatic rings. The van der Waals surface area contributed by atoms with Gasteiger partial charge in [-0.05, 0) is 76.1 Å². The van der Waals surface area contributed by atoms with Crippen molar-refractivity contribution in [3.63, 3.8) is 0 Å². The van der Waals surface area contributed by atoms with Crippen molar-refractivity contribution in [1.29, 1.82) is 0 Å². The lowest BCUT2D eigenvalue weighted by Crippen LogP contribution is -2.50. The lowest BCUT2D eigenvalue weighted by Gasteiger charge is -2.36. The summed E-state index contributed by atoms with van der Waals surface area (Å²) in [6.45, 7) is 12.6. The van der Waals surface area contributed by atoms with Crippen LogP contribution in [0.2, 0.25) is 0 Å². The van der Waals surface area contributed by atoms with Gasteiger partial charge in [-0.1, -0.05) is 12.1 Å². The number of nitrogens with zero attached hydrogens (tertiary/aromatic N) is 4. The van der Waals surface area contributed by atoms with E-state index in [0.29, 0.717) is 13.1 Å². The van der Waals surface area contributed by atoms with Crippen LogP contribution in [0, 0.1) is 13.8 Å². The second kappa shape index (κ2) is 9.30. The minimum atomic E-state index is -0.479. The van der Waals surface area contributed by atoms with Gasteiger partial charge in [-0.15, -0.1) is 0 Å². The summed E-state index contributed by atoms with van der Waals surface area (Å²) in [5.74, 6) is 0.926. The lowest BCUT2D eigenvalue weighted by molar-refractivity contribution is 0.0240. The van der Waals surface area contributed by atoms with Crippen LogP contribution in [0.25, 0.3) is 33.3 Å². The first-order chi connectivity index (χ1) is 17.2. The molecule has 1 aromatic carbocycles. The molecule has 1 saturated heterocycles. The maximum absolute atomic E-state index is 12.3. The first-order valence-electron chi connectivity index (χ1n) is 12.4. The van der Waals surface area contributed by atoms with Crippen LogP contribution in [0.4, 0.5) is 10.6 Å². The number of aromatic nitrogens is 3. The number of aryl methyl sites for hydroxylation is 2. The van der Waals surface area contributed by atoms with Gasteiger partial charge in [-0.3, -0.25) is 4.98 Å². The number of hydrogen-bond acceptors (Lipinski definition) is 5. The standard InChI is InChI=1S/C29H33N5O2/c1-19-16-22(10-11-30-19)27-20(2)24-8-6-21(17-25(24)32-27)23-7-9-26(31-18-23)33-12-14-34(15-13-33)28(35)36-29(3,4)5/h6-11,16-18,32H,12-15H2,1-5H3. The van der Waals surface area contributed by atoms with Gasteiger partial charge in [0, 0.05) is 72.0 Å². The van der Waals surface area contributed by atoms with E-state index in [1.807, 2.05) is 46.2 Å². The van der Waals surface area contributed by atoms with Crippen molar-refractivity contribution in [2.45, 2.75) is 40.2 Å². The van der Waals surface area contributed by atoms with Crippen LogP contribution in [0.3, 0.4) is 0 Å². The second-order valence-corrected chi connectivity index (χ2v) is 10.4. The molecule has 36 heavy (non-hydrogen) atoms. The highest BCUT2D eigenvalue weighted by molar-refractivity contribution is 5.93. The molecular formula is C29H33N5O2. The summed E-state index contributed by atoms with van der Waals surface area (Å²) >= 11 is 0. The third-order valence-electron chi connectivity index (χ3n) is 6.58. The quantitative estimate of drug-likeness (QED) is 0.389. The molecule has 186 valence electrons. The Bertz CT molecular complexity index is 1390. The molecule has 0 radical (unpaired) electrons. The molecule has 0 atom stereocenters. The number of anilines is 1. The molecule has 4 aromatic rings. The zero-order valence-electron chi connectivity index (χ0n) is 21.6. The van der Waals surface area contributed by atoms with Crippen molar-refractivity contribution in [3.8, 4) is 22.4 Å². The fourth-order valence-corrected chi connectivity index (χ4v) is 4.70. The zero-order chi connectivity index (χ0) is 25.4. The van der Waals surface area contributed by atoms with Crippen LogP contribution in [-0.4, -0.2) is 57.7 Å². The first kappa shape index (κ1) is 23.9. The average Bonchev–Trinajstić information content (AvgIpc) is 3.19. The van der Waals surface area contributed by atoms with E-state index < -0.39 is 5.60 Å². The van der Waals surface area contributed by atoms with E-state index >= 15 is 0 Å². The van der Waals surface area contributed by atoms with Gasteiger partial charge in [0.2, 0.25) is 0 Å². The number of rotatable bonds is 3. The maximum atomic E-state index is 12.3. The highest BCUT2D eigenvalue weighted by atomic mass is 16.6. The van der Waals surface area contributed by atoms with Crippen LogP contribution in [0.15, 0.2) is 54.9 Å². The number of amides is 1. The van der Waals surface area contributed by atoms with Crippen LogP contribution in [0.5, 0.6) is 0 Å². The first-order valence-corrected chi connectivity index (χ1v) is 12.4. The van der Waals surface area contributed by atoms with Gasteiger partial charge in [0.25, 0.3) is 0 Å². The smallest absolute Gasteiger partial charge is 0.410 e. The van der Waals surface area contributed by atoms with Crippen LogP contribution >= 0.6 is 0 Å². The molecule has 0 unspecified atom stereocenters. The van der Waals surface area contributed by atoms with E-state index in [2.05, 4.69) is 58.2 Å². The summed E-state index contributed by atoms with van der Waals surface area (Å²) in [6.07, 6.45) is 3.54. The minimum absolute atomic E-state index is 0.248. The van der Waals surface area contributed by atoms with Gasteiger partial charge in [0.15, 0.2) is 0 Å². The SMILES string of the molecule is Cc1cc(-c2[nH]c3cc(-c4ccc(N5CCN(C(=O)OC(C)(C)C)CC5)nc4)ccc3c2C)ccn1. The topological polar surface area (TPSA) is 74.4 Å². The Labute approximate surface area is 212 Å². The molecule has 0 saturated carbocycles. The molecule has 7 heteroatoms. The Morgan fingerprint density at radius 1 is 0.917 bits per heavy atom. The number of hydrogen-bond donors (Lipinski definition) is 1. The lowest BCUT2D eigenvalue weighted by atomic mass is 10.0. The Hall–Kier alpha value is -3.87. The Balaban J connectivity index is 1.30. The Kier molecular flexibility index (Phi) is 6.16. The summed E-state index contributed by atoms with van der Waals surface area (Å²) < 4.78 is 5.50. The third kappa shape index (κ3) is 4.91. The highest BCUT2D eigenvalue weighted by Crippen LogP contribution is 2.32. The predicted molar refractivity (Wildman–Crippen MR) is 144 cm³/mol. The molecule has 0 aliphatic carbocycles. The molecule has 0 bridgehead atoms. The number of ether oxygens (including phenoxy) is 1. The molecule has 4 heterocycles. The molecule has 1 aliphatic heterocycles. The number of pyridine rings is 2. The van der Waals surface area contributed by atoms with Gasteiger partial charge in [0.05, 0.1) is 0 Å². The molecule has 5 rings (SSSR count). The van der Waals surface area contributed by atoms with Crippen molar-refractivity contribution in [2.24, 2.45) is 0 Å². The normalized spacial score (nSPS) is 14.4. The summed E-state index contributed by atoms with van der Waals surface area (Å²) in [5, 5.41) is 1.22. The average molecular weight is 484 g/mol. The van der Waals surface area contributed by atoms with Crippen LogP contribution < -0.4 is 4.90 Å². The third-order valence-corrected chi connectivity index (χ3v) is 6.58. The zero-order valence-corrected chi connectivity index (χ0v) is 21.6.